The van der Waals surface area contributed by atoms with Crippen LogP contribution in [-0.4, -0.2) is 38.3 Å². The van der Waals surface area contributed by atoms with Crippen LogP contribution in [0, 0.1) is 11.8 Å². The van der Waals surface area contributed by atoms with Crippen molar-refractivity contribution in [1.82, 2.24) is 10.6 Å². The summed E-state index contributed by atoms with van der Waals surface area (Å²) in [6.45, 7) is 8.87. The van der Waals surface area contributed by atoms with Crippen molar-refractivity contribution in [2.24, 2.45) is 11.8 Å². The van der Waals surface area contributed by atoms with Gasteiger partial charge in [0, 0.05) is 13.5 Å². The summed E-state index contributed by atoms with van der Waals surface area (Å²) in [5.74, 6) is 1.21. The standard InChI is InChI=1S/C14H28N2O2.ClH/c1-11(12-6-5-7-15-9-12)8-13(17)16-14(2,3)10-18-4;/h11-12,15H,5-10H2,1-4H3,(H,16,17);1H. The van der Waals surface area contributed by atoms with Crippen molar-refractivity contribution in [3.8, 4) is 0 Å². The summed E-state index contributed by atoms with van der Waals surface area (Å²) < 4.78 is 5.10. The molecule has 0 bridgehead atoms. The monoisotopic (exact) mass is 292 g/mol. The van der Waals surface area contributed by atoms with Gasteiger partial charge >= 0.3 is 0 Å². The lowest BCUT2D eigenvalue weighted by Crippen LogP contribution is -2.47. The van der Waals surface area contributed by atoms with E-state index in [4.69, 9.17) is 4.74 Å². The van der Waals surface area contributed by atoms with E-state index in [1.165, 1.54) is 12.8 Å². The molecule has 0 aromatic carbocycles. The zero-order chi connectivity index (χ0) is 13.6. The van der Waals surface area contributed by atoms with Gasteiger partial charge in [-0.05, 0) is 51.6 Å². The molecular weight excluding hydrogens is 264 g/mol. The molecule has 19 heavy (non-hydrogen) atoms. The van der Waals surface area contributed by atoms with Crippen molar-refractivity contribution in [3.05, 3.63) is 0 Å². The number of halogens is 1. The molecule has 0 saturated carbocycles. The molecule has 0 radical (unpaired) electrons. The maximum Gasteiger partial charge on any atom is 0.220 e. The van der Waals surface area contributed by atoms with Crippen LogP contribution in [0.1, 0.15) is 40.0 Å². The summed E-state index contributed by atoms with van der Waals surface area (Å²) in [6.07, 6.45) is 3.08. The Bertz CT molecular complexity index is 266. The van der Waals surface area contributed by atoms with E-state index in [9.17, 15) is 4.79 Å². The highest BCUT2D eigenvalue weighted by molar-refractivity contribution is 5.85. The van der Waals surface area contributed by atoms with Gasteiger partial charge in [0.25, 0.3) is 0 Å². The van der Waals surface area contributed by atoms with E-state index in [1.807, 2.05) is 13.8 Å². The zero-order valence-corrected chi connectivity index (χ0v) is 13.4. The van der Waals surface area contributed by atoms with Crippen LogP contribution < -0.4 is 10.6 Å². The van der Waals surface area contributed by atoms with Crippen molar-refractivity contribution in [1.29, 1.82) is 0 Å². The largest absolute Gasteiger partial charge is 0.382 e. The van der Waals surface area contributed by atoms with Gasteiger partial charge in [-0.3, -0.25) is 4.79 Å². The van der Waals surface area contributed by atoms with Crippen LogP contribution in [0.4, 0.5) is 0 Å². The maximum atomic E-state index is 12.0. The summed E-state index contributed by atoms with van der Waals surface area (Å²) in [7, 11) is 1.66. The van der Waals surface area contributed by atoms with E-state index in [2.05, 4.69) is 17.6 Å². The molecule has 0 aromatic heterocycles. The number of hydrogen-bond donors (Lipinski definition) is 2. The van der Waals surface area contributed by atoms with Gasteiger partial charge < -0.3 is 15.4 Å². The van der Waals surface area contributed by atoms with E-state index in [0.29, 0.717) is 24.9 Å². The van der Waals surface area contributed by atoms with Gasteiger partial charge in [-0.1, -0.05) is 6.92 Å². The minimum absolute atomic E-state index is 0. The molecule has 2 N–H and O–H groups in total. The quantitative estimate of drug-likeness (QED) is 0.787. The Morgan fingerprint density at radius 3 is 2.74 bits per heavy atom. The molecule has 1 amide bonds. The molecule has 1 fully saturated rings. The van der Waals surface area contributed by atoms with Gasteiger partial charge in [0.15, 0.2) is 0 Å². The predicted octanol–water partition coefficient (Wildman–Crippen LogP) is 1.98. The minimum Gasteiger partial charge on any atom is -0.382 e. The molecule has 2 unspecified atom stereocenters. The maximum absolute atomic E-state index is 12.0. The normalized spacial score (nSPS) is 21.4. The summed E-state index contributed by atoms with van der Waals surface area (Å²) in [5.41, 5.74) is -0.281. The van der Waals surface area contributed by atoms with Crippen LogP contribution in [0.3, 0.4) is 0 Å². The molecule has 0 spiro atoms. The first-order valence-corrected chi connectivity index (χ1v) is 6.95. The fourth-order valence-corrected chi connectivity index (χ4v) is 2.65. The third-order valence-electron chi connectivity index (χ3n) is 3.63. The molecule has 0 aromatic rings. The Morgan fingerprint density at radius 1 is 1.53 bits per heavy atom. The van der Waals surface area contributed by atoms with Crippen LogP contribution in [0.5, 0.6) is 0 Å². The van der Waals surface area contributed by atoms with E-state index >= 15 is 0 Å². The number of piperidine rings is 1. The minimum atomic E-state index is -0.281. The molecule has 5 heteroatoms. The second kappa shape index (κ2) is 8.77. The Balaban J connectivity index is 0.00000324. The number of methoxy groups -OCH3 is 1. The molecule has 114 valence electrons. The fourth-order valence-electron chi connectivity index (χ4n) is 2.65. The number of carbonyl (C=O) groups excluding carboxylic acids is 1. The fraction of sp³-hybridized carbons (Fsp3) is 0.929. The first-order valence-electron chi connectivity index (χ1n) is 6.95. The third-order valence-corrected chi connectivity index (χ3v) is 3.63. The lowest BCUT2D eigenvalue weighted by atomic mass is 9.85. The second-order valence-electron chi connectivity index (χ2n) is 6.15. The second-order valence-corrected chi connectivity index (χ2v) is 6.15. The highest BCUT2D eigenvalue weighted by Crippen LogP contribution is 2.22. The van der Waals surface area contributed by atoms with Crippen LogP contribution in [-0.2, 0) is 9.53 Å². The van der Waals surface area contributed by atoms with E-state index in [1.54, 1.807) is 7.11 Å². The lowest BCUT2D eigenvalue weighted by Gasteiger charge is -2.30. The number of nitrogens with one attached hydrogen (secondary N) is 2. The van der Waals surface area contributed by atoms with E-state index < -0.39 is 0 Å². The molecule has 0 aliphatic carbocycles. The topological polar surface area (TPSA) is 50.4 Å². The Kier molecular flexibility index (Phi) is 8.62. The molecule has 4 nitrogen and oxygen atoms in total. The predicted molar refractivity (Wildman–Crippen MR) is 80.7 cm³/mol. The van der Waals surface area contributed by atoms with Gasteiger partial charge in [-0.25, -0.2) is 0 Å². The summed E-state index contributed by atoms with van der Waals surface area (Å²) >= 11 is 0. The highest BCUT2D eigenvalue weighted by atomic mass is 35.5. The number of carbonyl (C=O) groups is 1. The highest BCUT2D eigenvalue weighted by Gasteiger charge is 2.25. The van der Waals surface area contributed by atoms with Gasteiger partial charge in [0.05, 0.1) is 12.1 Å². The van der Waals surface area contributed by atoms with Crippen LogP contribution in [0.25, 0.3) is 0 Å². The van der Waals surface area contributed by atoms with Gasteiger partial charge in [-0.2, -0.15) is 0 Å². The van der Waals surface area contributed by atoms with Crippen molar-refractivity contribution in [2.75, 3.05) is 26.8 Å². The Morgan fingerprint density at radius 2 is 2.21 bits per heavy atom. The average molecular weight is 293 g/mol. The van der Waals surface area contributed by atoms with E-state index in [0.717, 1.165) is 13.1 Å². The first-order chi connectivity index (χ1) is 8.44. The first kappa shape index (κ1) is 18.7. The summed E-state index contributed by atoms with van der Waals surface area (Å²) in [6, 6.07) is 0. The Hall–Kier alpha value is -0.320. The van der Waals surface area contributed by atoms with E-state index in [-0.39, 0.29) is 23.9 Å². The summed E-state index contributed by atoms with van der Waals surface area (Å²) in [5, 5.41) is 6.45. The van der Waals surface area contributed by atoms with Gasteiger partial charge in [-0.15, -0.1) is 12.4 Å². The number of amides is 1. The smallest absolute Gasteiger partial charge is 0.220 e. The Labute approximate surface area is 123 Å². The summed E-state index contributed by atoms with van der Waals surface area (Å²) in [4.78, 5) is 12.0. The number of ether oxygens (including phenoxy) is 1. The molecule has 1 heterocycles. The van der Waals surface area contributed by atoms with Crippen LogP contribution >= 0.6 is 12.4 Å². The van der Waals surface area contributed by atoms with Gasteiger partial charge in [0.1, 0.15) is 0 Å². The van der Waals surface area contributed by atoms with Crippen molar-refractivity contribution >= 4 is 18.3 Å². The molecule has 1 aliphatic heterocycles. The molecule has 1 saturated heterocycles. The molecule has 1 aliphatic rings. The average Bonchev–Trinajstić information content (AvgIpc) is 2.28. The third kappa shape index (κ3) is 7.14. The number of hydrogen-bond acceptors (Lipinski definition) is 3. The van der Waals surface area contributed by atoms with Crippen LogP contribution in [0.15, 0.2) is 0 Å². The van der Waals surface area contributed by atoms with Gasteiger partial charge in [0.2, 0.25) is 5.91 Å². The molecular formula is C14H29ClN2O2. The van der Waals surface area contributed by atoms with Crippen molar-refractivity contribution in [3.63, 3.8) is 0 Å². The molecule has 2 atom stereocenters. The SMILES string of the molecule is COCC(C)(C)NC(=O)CC(C)C1CCCNC1.Cl. The van der Waals surface area contributed by atoms with Crippen molar-refractivity contribution < 1.29 is 9.53 Å². The zero-order valence-electron chi connectivity index (χ0n) is 12.6. The lowest BCUT2D eigenvalue weighted by molar-refractivity contribution is -0.124. The number of rotatable bonds is 6. The van der Waals surface area contributed by atoms with Crippen molar-refractivity contribution in [2.45, 2.75) is 45.6 Å². The van der Waals surface area contributed by atoms with Crippen LogP contribution in [0.2, 0.25) is 0 Å². The molecule has 1 rings (SSSR count).